The maximum absolute atomic E-state index is 11.6. The summed E-state index contributed by atoms with van der Waals surface area (Å²) in [4.78, 5) is 22.7. The Morgan fingerprint density at radius 1 is 1.35 bits per heavy atom. The monoisotopic (exact) mass is 281 g/mol. The molecule has 1 rings (SSSR count). The van der Waals surface area contributed by atoms with Gasteiger partial charge in [0, 0.05) is 13.3 Å². The van der Waals surface area contributed by atoms with Crippen molar-refractivity contribution in [2.75, 3.05) is 14.2 Å². The fourth-order valence-corrected chi connectivity index (χ4v) is 2.03. The molecule has 6 nitrogen and oxygen atoms in total. The lowest BCUT2D eigenvalue weighted by Gasteiger charge is -2.17. The van der Waals surface area contributed by atoms with Crippen LogP contribution in [0.5, 0.6) is 11.5 Å². The fourth-order valence-electron chi connectivity index (χ4n) is 2.03. The number of benzene rings is 1. The Morgan fingerprint density at radius 2 is 2.00 bits per heavy atom. The number of esters is 1. The van der Waals surface area contributed by atoms with E-state index in [4.69, 9.17) is 4.74 Å². The van der Waals surface area contributed by atoms with Gasteiger partial charge in [-0.3, -0.25) is 4.79 Å². The van der Waals surface area contributed by atoms with Crippen LogP contribution in [0.4, 0.5) is 0 Å². The molecule has 0 spiro atoms. The first-order valence-electron chi connectivity index (χ1n) is 6.10. The minimum absolute atomic E-state index is 0.00561. The van der Waals surface area contributed by atoms with Crippen molar-refractivity contribution in [3.8, 4) is 11.5 Å². The SMILES string of the molecule is COC(=O)[C@H](Cc1cc(C)c(OC)c(O)c1)NC(C)=O. The molecule has 6 heteroatoms. The largest absolute Gasteiger partial charge is 0.504 e. The third kappa shape index (κ3) is 3.88. The van der Waals surface area contributed by atoms with Crippen LogP contribution in [0, 0.1) is 6.92 Å². The van der Waals surface area contributed by atoms with Gasteiger partial charge in [-0.1, -0.05) is 6.07 Å². The van der Waals surface area contributed by atoms with Gasteiger partial charge >= 0.3 is 5.97 Å². The molecule has 0 unspecified atom stereocenters. The molecule has 110 valence electrons. The number of hydrogen-bond donors (Lipinski definition) is 2. The minimum atomic E-state index is -0.787. The van der Waals surface area contributed by atoms with E-state index in [-0.39, 0.29) is 18.1 Å². The number of phenolic OH excluding ortho intramolecular Hbond substituents is 1. The molecule has 0 fully saturated rings. The Labute approximate surface area is 117 Å². The summed E-state index contributed by atoms with van der Waals surface area (Å²) < 4.78 is 9.71. The zero-order chi connectivity index (χ0) is 15.3. The van der Waals surface area contributed by atoms with Crippen LogP contribution < -0.4 is 10.1 Å². The summed E-state index contributed by atoms with van der Waals surface area (Å²) in [6.07, 6.45) is 0.227. The van der Waals surface area contributed by atoms with Crippen LogP contribution in [0.3, 0.4) is 0 Å². The smallest absolute Gasteiger partial charge is 0.328 e. The lowest BCUT2D eigenvalue weighted by atomic mass is 10.0. The van der Waals surface area contributed by atoms with E-state index in [2.05, 4.69) is 10.1 Å². The van der Waals surface area contributed by atoms with Crippen molar-refractivity contribution in [2.24, 2.45) is 0 Å². The van der Waals surface area contributed by atoms with Gasteiger partial charge in [0.05, 0.1) is 14.2 Å². The number of amides is 1. The van der Waals surface area contributed by atoms with Gasteiger partial charge in [0.2, 0.25) is 5.91 Å². The van der Waals surface area contributed by atoms with E-state index in [1.165, 1.54) is 27.2 Å². The van der Waals surface area contributed by atoms with E-state index >= 15 is 0 Å². The molecular weight excluding hydrogens is 262 g/mol. The first-order valence-corrected chi connectivity index (χ1v) is 6.10. The summed E-state index contributed by atoms with van der Waals surface area (Å²) in [5.74, 6) is -0.472. The lowest BCUT2D eigenvalue weighted by Crippen LogP contribution is -2.42. The summed E-state index contributed by atoms with van der Waals surface area (Å²) in [5, 5.41) is 12.4. The molecule has 0 aromatic heterocycles. The first kappa shape index (κ1) is 15.8. The van der Waals surface area contributed by atoms with Gasteiger partial charge in [0.1, 0.15) is 6.04 Å². The van der Waals surface area contributed by atoms with E-state index in [1.807, 2.05) is 0 Å². The van der Waals surface area contributed by atoms with E-state index in [0.29, 0.717) is 11.3 Å². The van der Waals surface area contributed by atoms with Gasteiger partial charge in [-0.05, 0) is 24.1 Å². The molecule has 1 atom stereocenters. The van der Waals surface area contributed by atoms with E-state index in [0.717, 1.165) is 5.56 Å². The molecule has 1 aromatic carbocycles. The van der Waals surface area contributed by atoms with Gasteiger partial charge in [0.25, 0.3) is 0 Å². The van der Waals surface area contributed by atoms with Crippen LogP contribution in [0.2, 0.25) is 0 Å². The van der Waals surface area contributed by atoms with Crippen molar-refractivity contribution in [1.29, 1.82) is 0 Å². The highest BCUT2D eigenvalue weighted by atomic mass is 16.5. The van der Waals surface area contributed by atoms with E-state index in [1.54, 1.807) is 13.0 Å². The predicted octanol–water partition coefficient (Wildman–Crippen LogP) is 0.929. The standard InChI is InChI=1S/C14H19NO5/c1-8-5-10(7-12(17)13(8)19-3)6-11(14(18)20-4)15-9(2)16/h5,7,11,17H,6H2,1-4H3,(H,15,16)/t11-/m0/s1. The van der Waals surface area contributed by atoms with Gasteiger partial charge in [-0.2, -0.15) is 0 Å². The lowest BCUT2D eigenvalue weighted by molar-refractivity contribution is -0.144. The van der Waals surface area contributed by atoms with Crippen molar-refractivity contribution >= 4 is 11.9 Å². The van der Waals surface area contributed by atoms with Gasteiger partial charge in [0.15, 0.2) is 11.5 Å². The Kier molecular flexibility index (Phi) is 5.37. The predicted molar refractivity (Wildman–Crippen MR) is 72.7 cm³/mol. The third-order valence-corrected chi connectivity index (χ3v) is 2.82. The molecule has 1 aromatic rings. The van der Waals surface area contributed by atoms with Crippen molar-refractivity contribution in [1.82, 2.24) is 5.32 Å². The highest BCUT2D eigenvalue weighted by Gasteiger charge is 2.21. The number of phenols is 1. The second kappa shape index (κ2) is 6.79. The summed E-state index contributed by atoms with van der Waals surface area (Å²) in [6.45, 7) is 3.11. The highest BCUT2D eigenvalue weighted by Crippen LogP contribution is 2.31. The quantitative estimate of drug-likeness (QED) is 0.784. The van der Waals surface area contributed by atoms with Crippen LogP contribution >= 0.6 is 0 Å². The topological polar surface area (TPSA) is 84.9 Å². The van der Waals surface area contributed by atoms with Crippen molar-refractivity contribution in [3.05, 3.63) is 23.3 Å². The average Bonchev–Trinajstić information content (AvgIpc) is 2.36. The zero-order valence-corrected chi connectivity index (χ0v) is 12.0. The van der Waals surface area contributed by atoms with Crippen molar-refractivity contribution in [3.63, 3.8) is 0 Å². The molecule has 1 amide bonds. The normalized spacial score (nSPS) is 11.6. The van der Waals surface area contributed by atoms with Crippen LogP contribution in [-0.4, -0.2) is 37.2 Å². The molecule has 0 radical (unpaired) electrons. The number of carbonyl (C=O) groups is 2. The molecule has 0 aliphatic rings. The van der Waals surface area contributed by atoms with Crippen molar-refractivity contribution < 1.29 is 24.2 Å². The summed E-state index contributed by atoms with van der Waals surface area (Å²) in [5.41, 5.74) is 1.44. The first-order chi connectivity index (χ1) is 9.38. The average molecular weight is 281 g/mol. The molecule has 0 aliphatic heterocycles. The zero-order valence-electron chi connectivity index (χ0n) is 12.0. The number of carbonyl (C=O) groups excluding carboxylic acids is 2. The summed E-state index contributed by atoms with van der Waals surface area (Å²) in [7, 11) is 2.73. The molecule has 2 N–H and O–H groups in total. The highest BCUT2D eigenvalue weighted by molar-refractivity contribution is 5.83. The van der Waals surface area contributed by atoms with Gasteiger partial charge in [-0.25, -0.2) is 4.79 Å². The second-order valence-corrected chi connectivity index (χ2v) is 4.45. The minimum Gasteiger partial charge on any atom is -0.504 e. The van der Waals surface area contributed by atoms with Gasteiger partial charge < -0.3 is 19.9 Å². The molecular formula is C14H19NO5. The van der Waals surface area contributed by atoms with E-state index < -0.39 is 12.0 Å². The van der Waals surface area contributed by atoms with Crippen molar-refractivity contribution in [2.45, 2.75) is 26.3 Å². The maximum Gasteiger partial charge on any atom is 0.328 e. The number of methoxy groups -OCH3 is 2. The van der Waals surface area contributed by atoms with Gasteiger partial charge in [-0.15, -0.1) is 0 Å². The Morgan fingerprint density at radius 3 is 2.45 bits per heavy atom. The number of aromatic hydroxyl groups is 1. The fraction of sp³-hybridized carbons (Fsp3) is 0.429. The number of rotatable bonds is 5. The molecule has 0 bridgehead atoms. The van der Waals surface area contributed by atoms with Crippen LogP contribution in [0.15, 0.2) is 12.1 Å². The summed E-state index contributed by atoms with van der Waals surface area (Å²) in [6, 6.07) is 2.50. The number of ether oxygens (including phenoxy) is 2. The number of aryl methyl sites for hydroxylation is 1. The number of hydrogen-bond acceptors (Lipinski definition) is 5. The molecule has 0 saturated carbocycles. The van der Waals surface area contributed by atoms with Crippen LogP contribution in [-0.2, 0) is 20.7 Å². The van der Waals surface area contributed by atoms with Crippen LogP contribution in [0.25, 0.3) is 0 Å². The molecule has 20 heavy (non-hydrogen) atoms. The third-order valence-electron chi connectivity index (χ3n) is 2.82. The van der Waals surface area contributed by atoms with E-state index in [9.17, 15) is 14.7 Å². The molecule has 0 aliphatic carbocycles. The Bertz CT molecular complexity index is 489. The second-order valence-electron chi connectivity index (χ2n) is 4.45. The Hall–Kier alpha value is -2.24. The molecule has 0 saturated heterocycles. The maximum atomic E-state index is 11.6. The van der Waals surface area contributed by atoms with Crippen LogP contribution in [0.1, 0.15) is 18.1 Å². The Balaban J connectivity index is 2.99. The summed E-state index contributed by atoms with van der Waals surface area (Å²) >= 11 is 0. The molecule has 0 heterocycles. The number of nitrogens with one attached hydrogen (secondary N) is 1.